The number of ether oxygens (including phenoxy) is 1. The Morgan fingerprint density at radius 3 is 3.04 bits per heavy atom. The second kappa shape index (κ2) is 4.56. The van der Waals surface area contributed by atoms with Gasteiger partial charge in [0.25, 0.3) is 5.56 Å². The van der Waals surface area contributed by atoms with E-state index in [1.807, 2.05) is 0 Å². The van der Waals surface area contributed by atoms with Crippen molar-refractivity contribution in [1.29, 1.82) is 0 Å². The molecular weight excluding hydrogens is 306 g/mol. The smallest absolute Gasteiger partial charge is 0.301 e. The van der Waals surface area contributed by atoms with E-state index < -0.39 is 36.9 Å². The van der Waals surface area contributed by atoms with E-state index in [4.69, 9.17) is 14.6 Å². The molecule has 2 aliphatic rings. The number of pyridine rings is 2. The summed E-state index contributed by atoms with van der Waals surface area (Å²) in [7, 11) is 0. The molecule has 0 saturated heterocycles. The Bertz CT molecular complexity index is 957. The highest BCUT2D eigenvalue weighted by Gasteiger charge is 2.51. The van der Waals surface area contributed by atoms with Gasteiger partial charge in [-0.2, -0.15) is 0 Å². The number of hydrogen-bond donors (Lipinski definition) is 2. The molecular formula is C15H16F2N4O2. The largest absolute Gasteiger partial charge is 0.480 e. The summed E-state index contributed by atoms with van der Waals surface area (Å²) in [5, 5.41) is 2.89. The average Bonchev–Trinajstić information content (AvgIpc) is 3.34. The van der Waals surface area contributed by atoms with Crippen LogP contribution >= 0.6 is 0 Å². The second-order valence-corrected chi connectivity index (χ2v) is 5.99. The first kappa shape index (κ1) is 11.2. The van der Waals surface area contributed by atoms with Crippen LogP contribution in [-0.4, -0.2) is 28.1 Å². The summed E-state index contributed by atoms with van der Waals surface area (Å²) < 4.78 is 57.4. The van der Waals surface area contributed by atoms with Gasteiger partial charge in [-0.15, -0.1) is 0 Å². The van der Waals surface area contributed by atoms with Crippen molar-refractivity contribution in [1.82, 2.24) is 9.55 Å². The standard InChI is InChI=1S/C15H16F2N4O2/c1-21-13-9(4-8(18)5-19-13)10-11(14(21)22)23-6-15(16,17)12(20-10)7-2-3-7/h4-5,7,12,20H,2-3,6,18H2,1H3/t12-/m0/s1/i1D3. The Morgan fingerprint density at radius 1 is 1.57 bits per heavy atom. The molecule has 0 aromatic carbocycles. The van der Waals surface area contributed by atoms with Crippen molar-refractivity contribution >= 4 is 22.4 Å². The number of rotatable bonds is 1. The molecule has 2 aromatic heterocycles. The molecule has 1 atom stereocenters. The number of hydrogen-bond acceptors (Lipinski definition) is 5. The third kappa shape index (κ3) is 2.12. The number of aromatic nitrogens is 2. The quantitative estimate of drug-likeness (QED) is 0.834. The van der Waals surface area contributed by atoms with Crippen molar-refractivity contribution in [3.05, 3.63) is 22.6 Å². The number of aryl methyl sites for hydroxylation is 1. The molecule has 3 heterocycles. The lowest BCUT2D eigenvalue weighted by molar-refractivity contribution is -0.0579. The monoisotopic (exact) mass is 325 g/mol. The third-order valence-corrected chi connectivity index (χ3v) is 4.25. The first-order valence-corrected chi connectivity index (χ1v) is 7.21. The topological polar surface area (TPSA) is 82.2 Å². The van der Waals surface area contributed by atoms with Gasteiger partial charge in [-0.25, -0.2) is 13.8 Å². The molecule has 2 aromatic rings. The Morgan fingerprint density at radius 2 is 2.35 bits per heavy atom. The summed E-state index contributed by atoms with van der Waals surface area (Å²) >= 11 is 0. The maximum Gasteiger partial charge on any atom is 0.301 e. The highest BCUT2D eigenvalue weighted by molar-refractivity contribution is 5.94. The summed E-state index contributed by atoms with van der Waals surface area (Å²) in [5.74, 6) is -3.91. The van der Waals surface area contributed by atoms with Crippen LogP contribution in [0.5, 0.6) is 5.75 Å². The summed E-state index contributed by atoms with van der Waals surface area (Å²) in [6.07, 6.45) is 2.50. The van der Waals surface area contributed by atoms with Gasteiger partial charge in [0, 0.05) is 16.5 Å². The van der Waals surface area contributed by atoms with Gasteiger partial charge in [-0.3, -0.25) is 9.36 Å². The molecule has 1 saturated carbocycles. The van der Waals surface area contributed by atoms with E-state index in [0.29, 0.717) is 17.4 Å². The first-order chi connectivity index (χ1) is 12.1. The molecule has 0 amide bonds. The molecule has 0 unspecified atom stereocenters. The Hall–Kier alpha value is -2.38. The van der Waals surface area contributed by atoms with E-state index in [1.54, 1.807) is 0 Å². The van der Waals surface area contributed by atoms with E-state index in [1.165, 1.54) is 12.3 Å². The van der Waals surface area contributed by atoms with Crippen molar-refractivity contribution in [2.45, 2.75) is 24.8 Å². The predicted molar refractivity (Wildman–Crippen MR) is 82.0 cm³/mol. The maximum atomic E-state index is 14.5. The predicted octanol–water partition coefficient (Wildman–Crippen LogP) is 1.73. The number of alkyl halides is 2. The van der Waals surface area contributed by atoms with Crippen LogP contribution in [0.3, 0.4) is 0 Å². The van der Waals surface area contributed by atoms with Crippen molar-refractivity contribution in [3.8, 4) is 5.75 Å². The molecule has 122 valence electrons. The average molecular weight is 325 g/mol. The van der Waals surface area contributed by atoms with E-state index in [9.17, 15) is 13.6 Å². The fraction of sp³-hybridized carbons (Fsp3) is 0.467. The van der Waals surface area contributed by atoms with Crippen LogP contribution in [-0.2, 0) is 6.98 Å². The normalized spacial score (nSPS) is 25.3. The van der Waals surface area contributed by atoms with Gasteiger partial charge in [0.2, 0.25) is 5.75 Å². The van der Waals surface area contributed by atoms with Gasteiger partial charge in [-0.1, -0.05) is 0 Å². The minimum Gasteiger partial charge on any atom is -0.480 e. The number of nitrogens with zero attached hydrogens (tertiary/aromatic N) is 2. The molecule has 1 aliphatic carbocycles. The SMILES string of the molecule is [2H]C([2H])([2H])n1c(=O)c2c(c3cc(N)cnc31)N[C@@H](C1CC1)C(F)(F)CO2. The molecule has 6 nitrogen and oxygen atoms in total. The van der Waals surface area contributed by atoms with Crippen LogP contribution in [0.25, 0.3) is 11.0 Å². The number of halogens is 2. The van der Waals surface area contributed by atoms with E-state index in [0.717, 1.165) is 0 Å². The van der Waals surface area contributed by atoms with Crippen molar-refractivity contribution < 1.29 is 17.6 Å². The number of nitrogens with one attached hydrogen (secondary N) is 1. The fourth-order valence-electron chi connectivity index (χ4n) is 2.95. The summed E-state index contributed by atoms with van der Waals surface area (Å²) in [5.41, 5.74) is 4.76. The van der Waals surface area contributed by atoms with Gasteiger partial charge in [-0.05, 0) is 24.8 Å². The Balaban J connectivity index is 2.03. The van der Waals surface area contributed by atoms with Gasteiger partial charge >= 0.3 is 5.92 Å². The lowest BCUT2D eigenvalue weighted by Crippen LogP contribution is -2.44. The van der Waals surface area contributed by atoms with E-state index in [-0.39, 0.29) is 28.3 Å². The van der Waals surface area contributed by atoms with Crippen LogP contribution in [0.1, 0.15) is 17.0 Å². The van der Waals surface area contributed by atoms with Gasteiger partial charge in [0.1, 0.15) is 5.65 Å². The zero-order valence-electron chi connectivity index (χ0n) is 15.0. The molecule has 1 fully saturated rings. The number of fused-ring (bicyclic) bond motifs is 3. The second-order valence-electron chi connectivity index (χ2n) is 5.99. The highest BCUT2D eigenvalue weighted by Crippen LogP contribution is 2.45. The van der Waals surface area contributed by atoms with Crippen molar-refractivity contribution in [2.24, 2.45) is 12.9 Å². The lowest BCUT2D eigenvalue weighted by atomic mass is 10.1. The van der Waals surface area contributed by atoms with E-state index >= 15 is 0 Å². The zero-order chi connectivity index (χ0) is 18.9. The summed E-state index contributed by atoms with van der Waals surface area (Å²) in [6.45, 7) is -3.87. The van der Waals surface area contributed by atoms with Crippen LogP contribution in [0, 0.1) is 5.92 Å². The molecule has 3 N–H and O–H groups in total. The molecule has 0 bridgehead atoms. The maximum absolute atomic E-state index is 14.5. The first-order valence-electron chi connectivity index (χ1n) is 8.71. The Kier molecular flexibility index (Phi) is 2.22. The molecule has 0 radical (unpaired) electrons. The number of nitrogen functional groups attached to an aromatic ring is 1. The molecule has 8 heteroatoms. The van der Waals surface area contributed by atoms with Crippen molar-refractivity contribution in [2.75, 3.05) is 17.7 Å². The van der Waals surface area contributed by atoms with Gasteiger partial charge in [0.15, 0.2) is 6.61 Å². The van der Waals surface area contributed by atoms with Gasteiger partial charge in [0.05, 0.1) is 23.6 Å². The third-order valence-electron chi connectivity index (χ3n) is 4.25. The Labute approximate surface area is 134 Å². The van der Waals surface area contributed by atoms with E-state index in [2.05, 4.69) is 10.3 Å². The lowest BCUT2D eigenvalue weighted by Gasteiger charge is -2.25. The molecule has 23 heavy (non-hydrogen) atoms. The number of nitrogens with two attached hydrogens (primary N) is 1. The van der Waals surface area contributed by atoms with Crippen LogP contribution in [0.4, 0.5) is 20.2 Å². The van der Waals surface area contributed by atoms with Crippen molar-refractivity contribution in [3.63, 3.8) is 0 Å². The minimum absolute atomic E-state index is 0.0133. The van der Waals surface area contributed by atoms with Crippen LogP contribution in [0.2, 0.25) is 0 Å². The van der Waals surface area contributed by atoms with Gasteiger partial charge < -0.3 is 15.8 Å². The van der Waals surface area contributed by atoms with Crippen LogP contribution < -0.4 is 21.3 Å². The molecule has 4 rings (SSSR count). The van der Waals surface area contributed by atoms with Crippen LogP contribution in [0.15, 0.2) is 17.1 Å². The molecule has 0 spiro atoms. The summed E-state index contributed by atoms with van der Waals surface area (Å²) in [6, 6.07) is 0.184. The highest BCUT2D eigenvalue weighted by atomic mass is 19.3. The summed E-state index contributed by atoms with van der Waals surface area (Å²) in [4.78, 5) is 16.7. The fourth-order valence-corrected chi connectivity index (χ4v) is 2.95. The molecule has 1 aliphatic heterocycles. The number of anilines is 2. The zero-order valence-corrected chi connectivity index (χ0v) is 12.0. The minimum atomic E-state index is -3.21.